The molecule has 0 saturated carbocycles. The molecule has 2 aromatic carbocycles. The molecule has 2 atom stereocenters. The average molecular weight is 283 g/mol. The Hall–Kier alpha value is -2.33. The van der Waals surface area contributed by atoms with Crippen LogP contribution in [0.1, 0.15) is 17.2 Å². The van der Waals surface area contributed by atoms with E-state index in [1.165, 1.54) is 0 Å². The lowest BCUT2D eigenvalue weighted by atomic mass is 10.0. The number of rotatable bonds is 4. The zero-order valence-corrected chi connectivity index (χ0v) is 11.6. The summed E-state index contributed by atoms with van der Waals surface area (Å²) in [5, 5.41) is 9.50. The SMILES string of the molecule is O=C1O[C@H](CO)[C@H](c2ccccc2)N1Cc1ccccc1. The molecular formula is C17H17NO3. The summed E-state index contributed by atoms with van der Waals surface area (Å²) in [5.74, 6) is 0. The summed E-state index contributed by atoms with van der Waals surface area (Å²) < 4.78 is 5.30. The molecule has 3 rings (SSSR count). The van der Waals surface area contributed by atoms with Gasteiger partial charge in [-0.15, -0.1) is 0 Å². The van der Waals surface area contributed by atoms with Crippen molar-refractivity contribution in [3.05, 3.63) is 71.8 Å². The summed E-state index contributed by atoms with van der Waals surface area (Å²) in [7, 11) is 0. The monoisotopic (exact) mass is 283 g/mol. The Morgan fingerprint density at radius 3 is 2.24 bits per heavy atom. The van der Waals surface area contributed by atoms with E-state index < -0.39 is 6.10 Å². The first-order valence-electron chi connectivity index (χ1n) is 6.96. The van der Waals surface area contributed by atoms with E-state index in [-0.39, 0.29) is 18.7 Å². The number of carbonyl (C=O) groups is 1. The maximum Gasteiger partial charge on any atom is 0.411 e. The summed E-state index contributed by atoms with van der Waals surface area (Å²) in [6.07, 6.45) is -0.907. The molecule has 1 N–H and O–H groups in total. The Labute approximate surface area is 123 Å². The molecular weight excluding hydrogens is 266 g/mol. The Bertz CT molecular complexity index is 600. The van der Waals surface area contributed by atoms with Crippen molar-refractivity contribution in [2.24, 2.45) is 0 Å². The zero-order valence-electron chi connectivity index (χ0n) is 11.6. The number of hydrogen-bond acceptors (Lipinski definition) is 3. The third-order valence-electron chi connectivity index (χ3n) is 3.69. The van der Waals surface area contributed by atoms with Gasteiger partial charge in [0.2, 0.25) is 0 Å². The van der Waals surface area contributed by atoms with E-state index in [4.69, 9.17) is 4.74 Å². The molecule has 0 unspecified atom stereocenters. The Morgan fingerprint density at radius 2 is 1.62 bits per heavy atom. The minimum atomic E-state index is -0.524. The molecule has 0 aliphatic carbocycles. The molecule has 4 nitrogen and oxygen atoms in total. The summed E-state index contributed by atoms with van der Waals surface area (Å²) in [6.45, 7) is 0.284. The molecule has 0 spiro atoms. The van der Waals surface area contributed by atoms with E-state index in [1.54, 1.807) is 4.90 Å². The third-order valence-corrected chi connectivity index (χ3v) is 3.69. The molecule has 4 heteroatoms. The topological polar surface area (TPSA) is 49.8 Å². The summed E-state index contributed by atoms with van der Waals surface area (Å²) in [5.41, 5.74) is 2.01. The van der Waals surface area contributed by atoms with Crippen LogP contribution in [0.5, 0.6) is 0 Å². The number of amides is 1. The molecule has 0 bridgehead atoms. The van der Waals surface area contributed by atoms with E-state index >= 15 is 0 Å². The predicted octanol–water partition coefficient (Wildman–Crippen LogP) is 2.74. The molecule has 1 fully saturated rings. The molecule has 0 aromatic heterocycles. The van der Waals surface area contributed by atoms with Crippen LogP contribution in [-0.4, -0.2) is 28.8 Å². The van der Waals surface area contributed by atoms with E-state index in [1.807, 2.05) is 60.7 Å². The van der Waals surface area contributed by atoms with Gasteiger partial charge in [-0.2, -0.15) is 0 Å². The first kappa shape index (κ1) is 13.6. The smallest absolute Gasteiger partial charge is 0.411 e. The van der Waals surface area contributed by atoms with Crippen LogP contribution in [0.25, 0.3) is 0 Å². The van der Waals surface area contributed by atoms with Crippen LogP contribution in [0, 0.1) is 0 Å². The van der Waals surface area contributed by atoms with E-state index in [2.05, 4.69) is 0 Å². The number of aliphatic hydroxyl groups is 1. The maximum atomic E-state index is 12.1. The molecule has 1 saturated heterocycles. The van der Waals surface area contributed by atoms with Crippen molar-refractivity contribution >= 4 is 6.09 Å². The van der Waals surface area contributed by atoms with Gasteiger partial charge in [0.25, 0.3) is 0 Å². The zero-order chi connectivity index (χ0) is 14.7. The van der Waals surface area contributed by atoms with Crippen molar-refractivity contribution in [2.45, 2.75) is 18.7 Å². The minimum Gasteiger partial charge on any atom is -0.441 e. The van der Waals surface area contributed by atoms with Crippen LogP contribution in [0.3, 0.4) is 0 Å². The first-order valence-corrected chi connectivity index (χ1v) is 6.96. The highest BCUT2D eigenvalue weighted by Gasteiger charge is 2.42. The van der Waals surface area contributed by atoms with E-state index in [0.29, 0.717) is 6.54 Å². The molecule has 21 heavy (non-hydrogen) atoms. The maximum absolute atomic E-state index is 12.1. The van der Waals surface area contributed by atoms with Gasteiger partial charge >= 0.3 is 6.09 Å². The second kappa shape index (κ2) is 5.97. The lowest BCUT2D eigenvalue weighted by Gasteiger charge is -2.24. The highest BCUT2D eigenvalue weighted by atomic mass is 16.6. The van der Waals surface area contributed by atoms with Gasteiger partial charge in [-0.25, -0.2) is 4.79 Å². The molecule has 1 heterocycles. The van der Waals surface area contributed by atoms with Crippen LogP contribution in [0.4, 0.5) is 4.79 Å². The van der Waals surface area contributed by atoms with Crippen LogP contribution in [-0.2, 0) is 11.3 Å². The van der Waals surface area contributed by atoms with Gasteiger partial charge in [0.05, 0.1) is 6.61 Å². The van der Waals surface area contributed by atoms with Crippen molar-refractivity contribution < 1.29 is 14.6 Å². The molecule has 1 aliphatic heterocycles. The number of nitrogens with zero attached hydrogens (tertiary/aromatic N) is 1. The largest absolute Gasteiger partial charge is 0.441 e. The number of benzene rings is 2. The quantitative estimate of drug-likeness (QED) is 0.938. The highest BCUT2D eigenvalue weighted by Crippen LogP contribution is 2.34. The second-order valence-electron chi connectivity index (χ2n) is 5.07. The average Bonchev–Trinajstić information content (AvgIpc) is 2.85. The predicted molar refractivity (Wildman–Crippen MR) is 78.5 cm³/mol. The molecule has 2 aromatic rings. The molecule has 0 radical (unpaired) electrons. The van der Waals surface area contributed by atoms with Crippen molar-refractivity contribution in [3.63, 3.8) is 0 Å². The Balaban J connectivity index is 1.90. The van der Waals surface area contributed by atoms with Gasteiger partial charge in [0.15, 0.2) is 6.10 Å². The lowest BCUT2D eigenvalue weighted by Crippen LogP contribution is -2.30. The first-order chi connectivity index (χ1) is 10.3. The fourth-order valence-corrected chi connectivity index (χ4v) is 2.70. The fraction of sp³-hybridized carbons (Fsp3) is 0.235. The number of ether oxygens (including phenoxy) is 1. The van der Waals surface area contributed by atoms with Gasteiger partial charge in [0, 0.05) is 6.54 Å². The molecule has 1 aliphatic rings. The number of aliphatic hydroxyl groups excluding tert-OH is 1. The van der Waals surface area contributed by atoms with Crippen LogP contribution in [0.15, 0.2) is 60.7 Å². The van der Waals surface area contributed by atoms with Crippen LogP contribution >= 0.6 is 0 Å². The fourth-order valence-electron chi connectivity index (χ4n) is 2.70. The minimum absolute atomic E-state index is 0.184. The number of carbonyl (C=O) groups excluding carboxylic acids is 1. The Kier molecular flexibility index (Phi) is 3.88. The molecule has 1 amide bonds. The second-order valence-corrected chi connectivity index (χ2v) is 5.07. The van der Waals surface area contributed by atoms with Gasteiger partial charge in [-0.05, 0) is 11.1 Å². The normalized spacial score (nSPS) is 21.4. The van der Waals surface area contributed by atoms with Gasteiger partial charge in [-0.3, -0.25) is 4.90 Å². The van der Waals surface area contributed by atoms with Crippen molar-refractivity contribution in [2.75, 3.05) is 6.61 Å². The summed E-state index contributed by atoms with van der Waals surface area (Å²) in [6, 6.07) is 19.2. The van der Waals surface area contributed by atoms with Crippen LogP contribution in [0.2, 0.25) is 0 Å². The van der Waals surface area contributed by atoms with Crippen molar-refractivity contribution in [1.82, 2.24) is 4.90 Å². The van der Waals surface area contributed by atoms with Gasteiger partial charge in [-0.1, -0.05) is 60.7 Å². The standard InChI is InChI=1S/C17H17NO3/c19-12-15-16(14-9-5-2-6-10-14)18(17(20)21-15)11-13-7-3-1-4-8-13/h1-10,15-16,19H,11-12H2/t15-,16+/m1/s1. The lowest BCUT2D eigenvalue weighted by molar-refractivity contribution is 0.0827. The Morgan fingerprint density at radius 1 is 1.00 bits per heavy atom. The van der Waals surface area contributed by atoms with Crippen molar-refractivity contribution in [3.8, 4) is 0 Å². The highest BCUT2D eigenvalue weighted by molar-refractivity contribution is 5.71. The third kappa shape index (κ3) is 2.76. The van der Waals surface area contributed by atoms with Crippen LogP contribution < -0.4 is 0 Å². The molecule has 108 valence electrons. The van der Waals surface area contributed by atoms with Gasteiger partial charge in [0.1, 0.15) is 6.04 Å². The van der Waals surface area contributed by atoms with Crippen molar-refractivity contribution in [1.29, 1.82) is 0 Å². The number of cyclic esters (lactones) is 1. The number of hydrogen-bond donors (Lipinski definition) is 1. The summed E-state index contributed by atoms with van der Waals surface area (Å²) >= 11 is 0. The summed E-state index contributed by atoms with van der Waals surface area (Å²) in [4.78, 5) is 13.8. The van der Waals surface area contributed by atoms with Gasteiger partial charge < -0.3 is 9.84 Å². The van der Waals surface area contributed by atoms with E-state index in [9.17, 15) is 9.90 Å². The van der Waals surface area contributed by atoms with E-state index in [0.717, 1.165) is 11.1 Å².